The maximum absolute atomic E-state index is 13.1. The number of nitrogens with zero attached hydrogens (tertiary/aromatic N) is 2. The van der Waals surface area contributed by atoms with Gasteiger partial charge in [0.25, 0.3) is 5.91 Å². The Bertz CT molecular complexity index is 831. The second kappa shape index (κ2) is 5.52. The summed E-state index contributed by atoms with van der Waals surface area (Å²) in [5.74, 6) is -0.0118. The molecular weight excluding hydrogens is 326 g/mol. The standard InChI is InChI=1S/C18H20ClN3O2/c1-21-8-2-6-18(17(21)24)7-3-9-22(18)16(23)15-11-12-10-13(19)4-5-14(12)20-15/h4-5,10-11,20H,2-3,6-9H2,1H3. The summed E-state index contributed by atoms with van der Waals surface area (Å²) >= 11 is 6.03. The van der Waals surface area contributed by atoms with Gasteiger partial charge in [-0.05, 0) is 49.9 Å². The summed E-state index contributed by atoms with van der Waals surface area (Å²) in [7, 11) is 1.83. The van der Waals surface area contributed by atoms with Gasteiger partial charge in [-0.15, -0.1) is 0 Å². The van der Waals surface area contributed by atoms with Gasteiger partial charge in [-0.25, -0.2) is 0 Å². The van der Waals surface area contributed by atoms with Gasteiger partial charge in [-0.3, -0.25) is 9.59 Å². The quantitative estimate of drug-likeness (QED) is 0.863. The molecule has 2 aliphatic heterocycles. The molecule has 3 heterocycles. The summed E-state index contributed by atoms with van der Waals surface area (Å²) in [6.07, 6.45) is 3.33. The third-order valence-corrected chi connectivity index (χ3v) is 5.61. The number of piperidine rings is 1. The van der Waals surface area contributed by atoms with E-state index in [1.165, 1.54) is 0 Å². The molecule has 24 heavy (non-hydrogen) atoms. The van der Waals surface area contributed by atoms with Gasteiger partial charge < -0.3 is 14.8 Å². The van der Waals surface area contributed by atoms with Crippen molar-refractivity contribution in [2.24, 2.45) is 0 Å². The van der Waals surface area contributed by atoms with E-state index in [1.807, 2.05) is 25.2 Å². The van der Waals surface area contributed by atoms with Crippen LogP contribution < -0.4 is 0 Å². The van der Waals surface area contributed by atoms with E-state index in [0.29, 0.717) is 17.3 Å². The molecule has 1 unspecified atom stereocenters. The molecule has 126 valence electrons. The molecule has 1 atom stereocenters. The number of fused-ring (bicyclic) bond motifs is 1. The second-order valence-electron chi connectivity index (χ2n) is 6.84. The maximum Gasteiger partial charge on any atom is 0.271 e. The summed E-state index contributed by atoms with van der Waals surface area (Å²) in [4.78, 5) is 32.7. The molecule has 2 amide bonds. The van der Waals surface area contributed by atoms with Gasteiger partial charge in [-0.2, -0.15) is 0 Å². The summed E-state index contributed by atoms with van der Waals surface area (Å²) < 4.78 is 0. The SMILES string of the molecule is CN1CCCC2(CCCN2C(=O)c2cc3cc(Cl)ccc3[nH]2)C1=O. The average Bonchev–Trinajstić information content (AvgIpc) is 3.16. The van der Waals surface area contributed by atoms with E-state index in [4.69, 9.17) is 11.6 Å². The Labute approximate surface area is 145 Å². The Kier molecular flexibility index (Phi) is 3.57. The van der Waals surface area contributed by atoms with E-state index >= 15 is 0 Å². The molecule has 2 aromatic rings. The first-order valence-electron chi connectivity index (χ1n) is 8.37. The van der Waals surface area contributed by atoms with E-state index in [2.05, 4.69) is 4.98 Å². The summed E-state index contributed by atoms with van der Waals surface area (Å²) in [6.45, 7) is 1.40. The lowest BCUT2D eigenvalue weighted by Gasteiger charge is -2.43. The van der Waals surface area contributed by atoms with Crippen molar-refractivity contribution in [1.29, 1.82) is 0 Å². The van der Waals surface area contributed by atoms with Crippen LogP contribution >= 0.6 is 11.6 Å². The first kappa shape index (κ1) is 15.5. The lowest BCUT2D eigenvalue weighted by Crippen LogP contribution is -2.60. The van der Waals surface area contributed by atoms with Crippen molar-refractivity contribution in [3.63, 3.8) is 0 Å². The summed E-state index contributed by atoms with van der Waals surface area (Å²) in [6, 6.07) is 7.33. The molecule has 1 aromatic carbocycles. The summed E-state index contributed by atoms with van der Waals surface area (Å²) in [5.41, 5.74) is 0.747. The number of halogens is 1. The molecule has 5 nitrogen and oxygen atoms in total. The number of likely N-dealkylation sites (tertiary alicyclic amines) is 2. The fraction of sp³-hybridized carbons (Fsp3) is 0.444. The van der Waals surface area contributed by atoms with E-state index < -0.39 is 5.54 Å². The highest BCUT2D eigenvalue weighted by atomic mass is 35.5. The lowest BCUT2D eigenvalue weighted by atomic mass is 9.85. The van der Waals surface area contributed by atoms with E-state index in [9.17, 15) is 9.59 Å². The normalized spacial score (nSPS) is 24.3. The highest BCUT2D eigenvalue weighted by Gasteiger charge is 2.52. The zero-order valence-corrected chi connectivity index (χ0v) is 14.4. The smallest absolute Gasteiger partial charge is 0.271 e. The minimum Gasteiger partial charge on any atom is -0.351 e. The molecule has 2 saturated heterocycles. The third kappa shape index (κ3) is 2.22. The van der Waals surface area contributed by atoms with Crippen LogP contribution in [-0.4, -0.2) is 52.3 Å². The highest BCUT2D eigenvalue weighted by molar-refractivity contribution is 6.31. The number of benzene rings is 1. The van der Waals surface area contributed by atoms with Gasteiger partial charge in [0, 0.05) is 36.1 Å². The van der Waals surface area contributed by atoms with Crippen molar-refractivity contribution in [3.05, 3.63) is 35.0 Å². The third-order valence-electron chi connectivity index (χ3n) is 5.38. The van der Waals surface area contributed by atoms with Crippen LogP contribution in [-0.2, 0) is 4.79 Å². The first-order valence-corrected chi connectivity index (χ1v) is 8.75. The highest BCUT2D eigenvalue weighted by Crippen LogP contribution is 2.39. The zero-order valence-electron chi connectivity index (χ0n) is 13.6. The molecule has 4 rings (SSSR count). The Morgan fingerprint density at radius 2 is 1.96 bits per heavy atom. The predicted octanol–water partition coefficient (Wildman–Crippen LogP) is 3.05. The van der Waals surface area contributed by atoms with Crippen molar-refractivity contribution in [1.82, 2.24) is 14.8 Å². The number of carbonyl (C=O) groups is 2. The van der Waals surface area contributed by atoms with Gasteiger partial charge in [0.1, 0.15) is 11.2 Å². The van der Waals surface area contributed by atoms with Crippen LogP contribution in [0.3, 0.4) is 0 Å². The number of aromatic nitrogens is 1. The van der Waals surface area contributed by atoms with Crippen molar-refractivity contribution >= 4 is 34.3 Å². The first-order chi connectivity index (χ1) is 11.5. The topological polar surface area (TPSA) is 56.4 Å². The van der Waals surface area contributed by atoms with E-state index in [0.717, 1.165) is 43.1 Å². The molecule has 6 heteroatoms. The van der Waals surface area contributed by atoms with Crippen LogP contribution in [0.25, 0.3) is 10.9 Å². The maximum atomic E-state index is 13.1. The van der Waals surface area contributed by atoms with Crippen LogP contribution in [0.2, 0.25) is 5.02 Å². The Balaban J connectivity index is 1.70. The lowest BCUT2D eigenvalue weighted by molar-refractivity contribution is -0.144. The predicted molar refractivity (Wildman–Crippen MR) is 93.2 cm³/mol. The largest absolute Gasteiger partial charge is 0.351 e. The van der Waals surface area contributed by atoms with Gasteiger partial charge in [-0.1, -0.05) is 11.6 Å². The molecule has 1 aromatic heterocycles. The minimum absolute atomic E-state index is 0.0822. The number of hydrogen-bond acceptors (Lipinski definition) is 2. The van der Waals surface area contributed by atoms with Crippen molar-refractivity contribution in [2.45, 2.75) is 31.2 Å². The zero-order chi connectivity index (χ0) is 16.9. The Hall–Kier alpha value is -2.01. The molecule has 0 saturated carbocycles. The molecule has 2 fully saturated rings. The van der Waals surface area contributed by atoms with Crippen LogP contribution in [0.1, 0.15) is 36.2 Å². The number of H-pyrrole nitrogens is 1. The molecule has 0 radical (unpaired) electrons. The number of likely N-dealkylation sites (N-methyl/N-ethyl adjacent to an activating group) is 1. The Morgan fingerprint density at radius 1 is 1.21 bits per heavy atom. The van der Waals surface area contributed by atoms with Gasteiger partial charge in [0.05, 0.1) is 0 Å². The van der Waals surface area contributed by atoms with Crippen LogP contribution in [0.5, 0.6) is 0 Å². The molecule has 1 N–H and O–H groups in total. The van der Waals surface area contributed by atoms with Crippen LogP contribution in [0.15, 0.2) is 24.3 Å². The molecular formula is C18H20ClN3O2. The average molecular weight is 346 g/mol. The molecule has 2 aliphatic rings. The van der Waals surface area contributed by atoms with Crippen molar-refractivity contribution < 1.29 is 9.59 Å². The number of nitrogens with one attached hydrogen (secondary N) is 1. The van der Waals surface area contributed by atoms with Crippen molar-refractivity contribution in [2.75, 3.05) is 20.1 Å². The number of rotatable bonds is 1. The minimum atomic E-state index is -0.654. The number of aromatic amines is 1. The van der Waals surface area contributed by atoms with Gasteiger partial charge in [0.2, 0.25) is 5.91 Å². The second-order valence-corrected chi connectivity index (χ2v) is 7.27. The number of hydrogen-bond donors (Lipinski definition) is 1. The van der Waals surface area contributed by atoms with E-state index in [-0.39, 0.29) is 11.8 Å². The molecule has 0 bridgehead atoms. The molecule has 0 aliphatic carbocycles. The Morgan fingerprint density at radius 3 is 2.75 bits per heavy atom. The van der Waals surface area contributed by atoms with Crippen LogP contribution in [0.4, 0.5) is 0 Å². The fourth-order valence-electron chi connectivity index (χ4n) is 4.19. The van der Waals surface area contributed by atoms with Gasteiger partial charge >= 0.3 is 0 Å². The number of amides is 2. The monoisotopic (exact) mass is 345 g/mol. The molecule has 1 spiro atoms. The summed E-state index contributed by atoms with van der Waals surface area (Å²) in [5, 5.41) is 1.55. The van der Waals surface area contributed by atoms with Gasteiger partial charge in [0.15, 0.2) is 0 Å². The van der Waals surface area contributed by atoms with Crippen LogP contribution in [0, 0.1) is 0 Å². The van der Waals surface area contributed by atoms with E-state index in [1.54, 1.807) is 15.9 Å². The van der Waals surface area contributed by atoms with Crippen molar-refractivity contribution in [3.8, 4) is 0 Å². The number of carbonyl (C=O) groups excluding carboxylic acids is 2. The fourth-order valence-corrected chi connectivity index (χ4v) is 4.37.